The molecule has 1 amide bonds. The van der Waals surface area contributed by atoms with Gasteiger partial charge in [0.1, 0.15) is 0 Å². The van der Waals surface area contributed by atoms with Gasteiger partial charge in [0, 0.05) is 11.3 Å². The van der Waals surface area contributed by atoms with E-state index in [9.17, 15) is 4.79 Å². The summed E-state index contributed by atoms with van der Waals surface area (Å²) in [5.74, 6) is 1.14. The molecule has 0 spiro atoms. The van der Waals surface area contributed by atoms with Gasteiger partial charge < -0.3 is 14.8 Å². The van der Waals surface area contributed by atoms with Crippen LogP contribution in [-0.4, -0.2) is 12.7 Å². The van der Waals surface area contributed by atoms with E-state index in [0.717, 1.165) is 12.1 Å². The molecule has 0 bridgehead atoms. The Balaban J connectivity index is 1.66. The number of fused-ring (bicyclic) bond motifs is 1. The average molecular weight is 297 g/mol. The number of carbonyl (C=O) groups excluding carboxylic acids is 1. The van der Waals surface area contributed by atoms with Crippen LogP contribution in [0.5, 0.6) is 11.5 Å². The maximum Gasteiger partial charge on any atom is 0.255 e. The molecule has 2 aromatic carbocycles. The lowest BCUT2D eigenvalue weighted by atomic mass is 10.1. The van der Waals surface area contributed by atoms with Crippen molar-refractivity contribution in [3.8, 4) is 11.5 Å². The van der Waals surface area contributed by atoms with Crippen LogP contribution in [0.15, 0.2) is 42.5 Å². The largest absolute Gasteiger partial charge is 0.454 e. The summed E-state index contributed by atoms with van der Waals surface area (Å²) in [5.41, 5.74) is 2.64. The second kappa shape index (κ2) is 6.52. The number of hydrogen-bond acceptors (Lipinski definition) is 3. The Morgan fingerprint density at radius 1 is 1.09 bits per heavy atom. The van der Waals surface area contributed by atoms with Gasteiger partial charge in [0.05, 0.1) is 0 Å². The molecule has 0 unspecified atom stereocenters. The van der Waals surface area contributed by atoms with Crippen molar-refractivity contribution in [1.29, 1.82) is 0 Å². The van der Waals surface area contributed by atoms with Gasteiger partial charge in [-0.05, 0) is 48.7 Å². The number of carbonyl (C=O) groups is 1. The number of aryl methyl sites for hydroxylation is 1. The molecule has 22 heavy (non-hydrogen) atoms. The fraction of sp³-hybridized carbons (Fsp3) is 0.278. The first-order valence-electron chi connectivity index (χ1n) is 7.56. The second-order valence-electron chi connectivity index (χ2n) is 5.32. The number of benzene rings is 2. The van der Waals surface area contributed by atoms with E-state index in [4.69, 9.17) is 9.47 Å². The van der Waals surface area contributed by atoms with Gasteiger partial charge in [-0.25, -0.2) is 0 Å². The molecule has 1 N–H and O–H groups in total. The summed E-state index contributed by atoms with van der Waals surface area (Å²) >= 11 is 0. The number of unbranched alkanes of at least 4 members (excludes halogenated alkanes) is 1. The van der Waals surface area contributed by atoms with Gasteiger partial charge >= 0.3 is 0 Å². The third-order valence-electron chi connectivity index (χ3n) is 3.67. The van der Waals surface area contributed by atoms with Crippen LogP contribution < -0.4 is 14.8 Å². The Hall–Kier alpha value is -2.49. The monoisotopic (exact) mass is 297 g/mol. The van der Waals surface area contributed by atoms with E-state index in [2.05, 4.69) is 24.4 Å². The van der Waals surface area contributed by atoms with Gasteiger partial charge in [-0.3, -0.25) is 4.79 Å². The Kier molecular flexibility index (Phi) is 4.28. The molecular weight excluding hydrogens is 278 g/mol. The Labute approximate surface area is 130 Å². The molecule has 3 rings (SSSR count). The molecule has 0 saturated heterocycles. The maximum atomic E-state index is 12.3. The van der Waals surface area contributed by atoms with Crippen molar-refractivity contribution in [1.82, 2.24) is 0 Å². The van der Waals surface area contributed by atoms with Crippen molar-refractivity contribution < 1.29 is 14.3 Å². The zero-order valence-electron chi connectivity index (χ0n) is 12.6. The van der Waals surface area contributed by atoms with Gasteiger partial charge in [0.2, 0.25) is 6.79 Å². The van der Waals surface area contributed by atoms with Crippen molar-refractivity contribution in [2.45, 2.75) is 26.2 Å². The lowest BCUT2D eigenvalue weighted by molar-refractivity contribution is 0.102. The highest BCUT2D eigenvalue weighted by atomic mass is 16.7. The summed E-state index contributed by atoms with van der Waals surface area (Å²) in [6.45, 7) is 2.39. The van der Waals surface area contributed by atoms with Crippen LogP contribution >= 0.6 is 0 Å². The first-order chi connectivity index (χ1) is 10.8. The first-order valence-corrected chi connectivity index (χ1v) is 7.56. The van der Waals surface area contributed by atoms with Crippen molar-refractivity contribution in [3.63, 3.8) is 0 Å². The smallest absolute Gasteiger partial charge is 0.255 e. The zero-order valence-corrected chi connectivity index (χ0v) is 12.6. The predicted octanol–water partition coefficient (Wildman–Crippen LogP) is 4.01. The van der Waals surface area contributed by atoms with E-state index < -0.39 is 0 Å². The van der Waals surface area contributed by atoms with Gasteiger partial charge in [0.25, 0.3) is 5.91 Å². The van der Waals surface area contributed by atoms with Gasteiger partial charge in [-0.1, -0.05) is 25.5 Å². The van der Waals surface area contributed by atoms with Crippen LogP contribution in [0.4, 0.5) is 5.69 Å². The van der Waals surface area contributed by atoms with Gasteiger partial charge in [-0.2, -0.15) is 0 Å². The maximum absolute atomic E-state index is 12.3. The van der Waals surface area contributed by atoms with Crippen LogP contribution in [0, 0.1) is 0 Å². The molecule has 0 aromatic heterocycles. The standard InChI is InChI=1S/C18H19NO3/c1-2-3-4-13-5-8-15(9-6-13)19-18(20)14-7-10-16-17(11-14)22-12-21-16/h5-11H,2-4,12H2,1H3,(H,19,20). The van der Waals surface area contributed by atoms with Crippen molar-refractivity contribution in [3.05, 3.63) is 53.6 Å². The van der Waals surface area contributed by atoms with Crippen molar-refractivity contribution in [2.24, 2.45) is 0 Å². The van der Waals surface area contributed by atoms with E-state index >= 15 is 0 Å². The molecule has 1 aliphatic rings. The molecule has 1 heterocycles. The minimum absolute atomic E-state index is 0.153. The van der Waals surface area contributed by atoms with Crippen LogP contribution in [0.2, 0.25) is 0 Å². The lowest BCUT2D eigenvalue weighted by Gasteiger charge is -2.07. The number of rotatable bonds is 5. The number of anilines is 1. The predicted molar refractivity (Wildman–Crippen MR) is 85.6 cm³/mol. The van der Waals surface area contributed by atoms with E-state index in [1.54, 1.807) is 18.2 Å². The van der Waals surface area contributed by atoms with Crippen LogP contribution in [0.25, 0.3) is 0 Å². The van der Waals surface area contributed by atoms with Crippen molar-refractivity contribution in [2.75, 3.05) is 12.1 Å². The van der Waals surface area contributed by atoms with Crippen molar-refractivity contribution >= 4 is 11.6 Å². The third kappa shape index (κ3) is 3.22. The van der Waals surface area contributed by atoms with E-state index in [1.165, 1.54) is 18.4 Å². The Morgan fingerprint density at radius 2 is 1.86 bits per heavy atom. The molecule has 4 heteroatoms. The molecule has 2 aromatic rings. The topological polar surface area (TPSA) is 47.6 Å². The highest BCUT2D eigenvalue weighted by Gasteiger charge is 2.16. The number of ether oxygens (including phenoxy) is 2. The number of hydrogen-bond donors (Lipinski definition) is 1. The molecule has 0 radical (unpaired) electrons. The quantitative estimate of drug-likeness (QED) is 0.907. The summed E-state index contributed by atoms with van der Waals surface area (Å²) in [7, 11) is 0. The van der Waals surface area contributed by atoms with E-state index in [0.29, 0.717) is 17.1 Å². The summed E-state index contributed by atoms with van der Waals surface area (Å²) in [6, 6.07) is 13.2. The first kappa shape index (κ1) is 14.4. The molecule has 4 nitrogen and oxygen atoms in total. The summed E-state index contributed by atoms with van der Waals surface area (Å²) in [4.78, 5) is 12.3. The van der Waals surface area contributed by atoms with Crippen LogP contribution in [0.3, 0.4) is 0 Å². The molecule has 0 saturated carbocycles. The molecule has 114 valence electrons. The highest BCUT2D eigenvalue weighted by Crippen LogP contribution is 2.32. The minimum atomic E-state index is -0.153. The average Bonchev–Trinajstić information content (AvgIpc) is 3.01. The van der Waals surface area contributed by atoms with Gasteiger partial charge in [-0.15, -0.1) is 0 Å². The normalized spacial score (nSPS) is 12.2. The summed E-state index contributed by atoms with van der Waals surface area (Å²) in [5, 5.41) is 2.90. The fourth-order valence-electron chi connectivity index (χ4n) is 2.38. The molecule has 0 aliphatic carbocycles. The fourth-order valence-corrected chi connectivity index (χ4v) is 2.38. The summed E-state index contributed by atoms with van der Waals surface area (Å²) in [6.07, 6.45) is 3.44. The minimum Gasteiger partial charge on any atom is -0.454 e. The molecular formula is C18H19NO3. The Morgan fingerprint density at radius 3 is 2.64 bits per heavy atom. The third-order valence-corrected chi connectivity index (χ3v) is 3.67. The van der Waals surface area contributed by atoms with Crippen LogP contribution in [-0.2, 0) is 6.42 Å². The molecule has 0 fully saturated rings. The highest BCUT2D eigenvalue weighted by molar-refractivity contribution is 6.04. The number of amides is 1. The van der Waals surface area contributed by atoms with E-state index in [-0.39, 0.29) is 12.7 Å². The molecule has 0 atom stereocenters. The molecule has 1 aliphatic heterocycles. The Bertz CT molecular complexity index is 665. The van der Waals surface area contributed by atoms with Crippen LogP contribution in [0.1, 0.15) is 35.7 Å². The van der Waals surface area contributed by atoms with E-state index in [1.807, 2.05) is 12.1 Å². The second-order valence-corrected chi connectivity index (χ2v) is 5.32. The lowest BCUT2D eigenvalue weighted by Crippen LogP contribution is -2.11. The SMILES string of the molecule is CCCCc1ccc(NC(=O)c2ccc3c(c2)OCO3)cc1. The van der Waals surface area contributed by atoms with Gasteiger partial charge in [0.15, 0.2) is 11.5 Å². The summed E-state index contributed by atoms with van der Waals surface area (Å²) < 4.78 is 10.5. The zero-order chi connectivity index (χ0) is 15.4. The number of nitrogens with one attached hydrogen (secondary N) is 1.